The summed E-state index contributed by atoms with van der Waals surface area (Å²) in [6.45, 7) is 3.78. The Morgan fingerprint density at radius 3 is 2.50 bits per heavy atom. The Morgan fingerprint density at radius 2 is 1.82 bits per heavy atom. The normalized spacial score (nSPS) is 15.8. The molecule has 0 aliphatic carbocycles. The number of thiazole rings is 1. The number of fused-ring (bicyclic) bond motifs is 1. The molecule has 2 heterocycles. The third-order valence-corrected chi connectivity index (χ3v) is 8.55. The van der Waals surface area contributed by atoms with E-state index >= 15 is 0 Å². The van der Waals surface area contributed by atoms with Gasteiger partial charge in [0.2, 0.25) is 10.0 Å². The molecule has 0 atom stereocenters. The molecule has 7 nitrogen and oxygen atoms in total. The molecule has 0 saturated carbocycles. The van der Waals surface area contributed by atoms with Crippen molar-refractivity contribution in [3.05, 3.63) is 58.4 Å². The first kappa shape index (κ1) is 24.6. The molecular formula is C23H25F2N3O4S2. The lowest BCUT2D eigenvalue weighted by molar-refractivity contribution is 0.0996. The molecule has 0 unspecified atom stereocenters. The molecule has 2 aromatic carbocycles. The van der Waals surface area contributed by atoms with Crippen LogP contribution < -0.4 is 4.80 Å². The van der Waals surface area contributed by atoms with Crippen LogP contribution in [0.3, 0.4) is 0 Å². The van der Waals surface area contributed by atoms with E-state index in [0.29, 0.717) is 24.4 Å². The molecule has 34 heavy (non-hydrogen) atoms. The fourth-order valence-corrected chi connectivity index (χ4v) is 6.51. The molecule has 1 aromatic heterocycles. The van der Waals surface area contributed by atoms with Gasteiger partial charge in [-0.3, -0.25) is 4.79 Å². The maximum atomic E-state index is 14.5. The molecule has 1 aliphatic heterocycles. The Labute approximate surface area is 200 Å². The molecule has 1 saturated heterocycles. The SMILES string of the molecule is CCOCCn1c(=NC(=O)c2ccc(S(=O)(=O)N3CCCCC3)cc2)sc2cc(F)cc(F)c21. The van der Waals surface area contributed by atoms with E-state index < -0.39 is 27.6 Å². The van der Waals surface area contributed by atoms with Gasteiger partial charge < -0.3 is 9.30 Å². The van der Waals surface area contributed by atoms with E-state index in [2.05, 4.69) is 4.99 Å². The Bertz CT molecular complexity index is 1360. The van der Waals surface area contributed by atoms with Gasteiger partial charge in [0, 0.05) is 37.9 Å². The van der Waals surface area contributed by atoms with E-state index in [-0.39, 0.29) is 33.9 Å². The van der Waals surface area contributed by atoms with Crippen molar-refractivity contribution in [3.63, 3.8) is 0 Å². The molecule has 3 aromatic rings. The van der Waals surface area contributed by atoms with Crippen LogP contribution in [-0.2, 0) is 21.3 Å². The van der Waals surface area contributed by atoms with Gasteiger partial charge >= 0.3 is 0 Å². The minimum absolute atomic E-state index is 0.122. The Balaban J connectivity index is 1.66. The minimum Gasteiger partial charge on any atom is -0.380 e. The number of piperidine rings is 1. The second kappa shape index (κ2) is 10.4. The number of nitrogens with zero attached hydrogens (tertiary/aromatic N) is 3. The molecule has 0 radical (unpaired) electrons. The molecule has 1 aliphatic rings. The molecule has 0 N–H and O–H groups in total. The highest BCUT2D eigenvalue weighted by atomic mass is 32.2. The van der Waals surface area contributed by atoms with Crippen molar-refractivity contribution < 1.29 is 26.7 Å². The van der Waals surface area contributed by atoms with Crippen LogP contribution in [0.5, 0.6) is 0 Å². The van der Waals surface area contributed by atoms with Crippen molar-refractivity contribution in [1.82, 2.24) is 8.87 Å². The van der Waals surface area contributed by atoms with Gasteiger partial charge in [0.15, 0.2) is 10.6 Å². The first-order valence-corrected chi connectivity index (χ1v) is 13.3. The van der Waals surface area contributed by atoms with Crippen molar-refractivity contribution in [2.24, 2.45) is 4.99 Å². The fourth-order valence-electron chi connectivity index (χ4n) is 3.90. The number of carbonyl (C=O) groups is 1. The lowest BCUT2D eigenvalue weighted by Gasteiger charge is -2.25. The molecule has 182 valence electrons. The van der Waals surface area contributed by atoms with Crippen LogP contribution in [0, 0.1) is 11.6 Å². The summed E-state index contributed by atoms with van der Waals surface area (Å²) < 4.78 is 62.5. The fraction of sp³-hybridized carbons (Fsp3) is 0.391. The van der Waals surface area contributed by atoms with Crippen molar-refractivity contribution in [3.8, 4) is 0 Å². The lowest BCUT2D eigenvalue weighted by atomic mass is 10.2. The highest BCUT2D eigenvalue weighted by molar-refractivity contribution is 7.89. The number of benzene rings is 2. The standard InChI is InChI=1S/C23H25F2N3O4S2/c1-2-32-13-12-28-21-19(25)14-17(24)15-20(21)33-23(28)26-22(29)16-6-8-18(9-7-16)34(30,31)27-10-4-3-5-11-27/h6-9,14-15H,2-5,10-13H2,1H3. The van der Waals surface area contributed by atoms with Crippen LogP contribution in [0.1, 0.15) is 36.5 Å². The zero-order valence-electron chi connectivity index (χ0n) is 18.7. The van der Waals surface area contributed by atoms with Gasteiger partial charge in [0.25, 0.3) is 5.91 Å². The van der Waals surface area contributed by atoms with Gasteiger partial charge in [-0.15, -0.1) is 0 Å². The predicted molar refractivity (Wildman–Crippen MR) is 125 cm³/mol. The summed E-state index contributed by atoms with van der Waals surface area (Å²) in [5, 5.41) is 0. The third-order valence-electron chi connectivity index (χ3n) is 5.61. The van der Waals surface area contributed by atoms with E-state index in [1.54, 1.807) is 0 Å². The summed E-state index contributed by atoms with van der Waals surface area (Å²) in [5.74, 6) is -2.07. The smallest absolute Gasteiger partial charge is 0.279 e. The van der Waals surface area contributed by atoms with Crippen LogP contribution in [-0.4, -0.2) is 49.5 Å². The second-order valence-electron chi connectivity index (χ2n) is 7.87. The van der Waals surface area contributed by atoms with E-state index in [9.17, 15) is 22.0 Å². The Kier molecular flexibility index (Phi) is 7.56. The van der Waals surface area contributed by atoms with Crippen LogP contribution >= 0.6 is 11.3 Å². The number of ether oxygens (including phenoxy) is 1. The maximum Gasteiger partial charge on any atom is 0.279 e. The number of halogens is 2. The minimum atomic E-state index is -3.61. The summed E-state index contributed by atoms with van der Waals surface area (Å²) in [6.07, 6.45) is 2.68. The number of hydrogen-bond donors (Lipinski definition) is 0. The summed E-state index contributed by atoms with van der Waals surface area (Å²) in [4.78, 5) is 17.3. The van der Waals surface area contributed by atoms with Gasteiger partial charge in [-0.1, -0.05) is 17.8 Å². The molecule has 0 spiro atoms. The van der Waals surface area contributed by atoms with Crippen LogP contribution in [0.4, 0.5) is 8.78 Å². The summed E-state index contributed by atoms with van der Waals surface area (Å²) in [5.41, 5.74) is 0.346. The van der Waals surface area contributed by atoms with Crippen molar-refractivity contribution >= 4 is 37.5 Å². The Hall–Kier alpha value is -2.47. The molecule has 1 fully saturated rings. The third kappa shape index (κ3) is 5.12. The maximum absolute atomic E-state index is 14.5. The number of carbonyl (C=O) groups excluding carboxylic acids is 1. The van der Waals surface area contributed by atoms with Gasteiger partial charge in [-0.25, -0.2) is 17.2 Å². The molecule has 11 heteroatoms. The van der Waals surface area contributed by atoms with Gasteiger partial charge in [0.1, 0.15) is 5.82 Å². The predicted octanol–water partition coefficient (Wildman–Crippen LogP) is 3.93. The van der Waals surface area contributed by atoms with E-state index in [1.165, 1.54) is 39.2 Å². The van der Waals surface area contributed by atoms with Crippen molar-refractivity contribution in [2.75, 3.05) is 26.3 Å². The number of sulfonamides is 1. The summed E-state index contributed by atoms with van der Waals surface area (Å²) in [6, 6.07) is 7.62. The van der Waals surface area contributed by atoms with Crippen LogP contribution in [0.15, 0.2) is 46.3 Å². The van der Waals surface area contributed by atoms with E-state index in [1.807, 2.05) is 6.92 Å². The summed E-state index contributed by atoms with van der Waals surface area (Å²) in [7, 11) is -3.61. The molecule has 1 amide bonds. The van der Waals surface area contributed by atoms with Gasteiger partial charge in [0.05, 0.1) is 21.7 Å². The van der Waals surface area contributed by atoms with E-state index in [0.717, 1.165) is 36.7 Å². The zero-order chi connectivity index (χ0) is 24.3. The Morgan fingerprint density at radius 1 is 1.12 bits per heavy atom. The topological polar surface area (TPSA) is 81.0 Å². The lowest BCUT2D eigenvalue weighted by Crippen LogP contribution is -2.35. The first-order valence-electron chi connectivity index (χ1n) is 11.1. The molecular weight excluding hydrogens is 484 g/mol. The highest BCUT2D eigenvalue weighted by Gasteiger charge is 2.26. The van der Waals surface area contributed by atoms with Crippen LogP contribution in [0.25, 0.3) is 10.2 Å². The molecule has 4 rings (SSSR count). The van der Waals surface area contributed by atoms with E-state index in [4.69, 9.17) is 4.74 Å². The monoisotopic (exact) mass is 509 g/mol. The van der Waals surface area contributed by atoms with Crippen molar-refractivity contribution in [2.45, 2.75) is 37.6 Å². The van der Waals surface area contributed by atoms with Gasteiger partial charge in [-0.05, 0) is 50.1 Å². The average molecular weight is 510 g/mol. The largest absolute Gasteiger partial charge is 0.380 e. The van der Waals surface area contributed by atoms with Crippen molar-refractivity contribution in [1.29, 1.82) is 0 Å². The first-order chi connectivity index (χ1) is 16.3. The number of aromatic nitrogens is 1. The zero-order valence-corrected chi connectivity index (χ0v) is 20.3. The molecule has 0 bridgehead atoms. The number of amides is 1. The summed E-state index contributed by atoms with van der Waals surface area (Å²) >= 11 is 0.997. The van der Waals surface area contributed by atoms with Crippen LogP contribution in [0.2, 0.25) is 0 Å². The average Bonchev–Trinajstić information content (AvgIpc) is 3.16. The quantitative estimate of drug-likeness (QED) is 0.452. The highest BCUT2D eigenvalue weighted by Crippen LogP contribution is 2.23. The number of rotatable bonds is 7. The number of hydrogen-bond acceptors (Lipinski definition) is 5. The second-order valence-corrected chi connectivity index (χ2v) is 10.8. The van der Waals surface area contributed by atoms with Gasteiger partial charge in [-0.2, -0.15) is 9.30 Å².